The number of benzene rings is 1. The van der Waals surface area contributed by atoms with Gasteiger partial charge in [0.15, 0.2) is 5.78 Å². The third kappa shape index (κ3) is 3.50. The number of Topliss-reactive ketones (excluding diaryl/α,β-unsaturated/α-hetero) is 1. The maximum absolute atomic E-state index is 13.2. The number of fused-ring (bicyclic) bond motifs is 2. The van der Waals surface area contributed by atoms with Crippen LogP contribution in [0.2, 0.25) is 0 Å². The van der Waals surface area contributed by atoms with Gasteiger partial charge in [-0.3, -0.25) is 4.79 Å². The molecule has 0 saturated heterocycles. The van der Waals surface area contributed by atoms with Gasteiger partial charge in [-0.2, -0.15) is 0 Å². The van der Waals surface area contributed by atoms with Crippen molar-refractivity contribution in [2.45, 2.75) is 37.7 Å². The van der Waals surface area contributed by atoms with E-state index in [1.165, 1.54) is 4.90 Å². The molecule has 0 N–H and O–H groups in total. The van der Waals surface area contributed by atoms with Crippen LogP contribution in [0.3, 0.4) is 0 Å². The first-order chi connectivity index (χ1) is 12.5. The summed E-state index contributed by atoms with van der Waals surface area (Å²) in [6.07, 6.45) is 3.68. The Hall–Kier alpha value is -1.14. The number of carbonyl (C=O) groups is 1. The van der Waals surface area contributed by atoms with Crippen molar-refractivity contribution in [3.05, 3.63) is 41.8 Å². The average Bonchev–Trinajstić information content (AvgIpc) is 2.97. The number of hydrogen-bond donors (Lipinski definition) is 0. The van der Waals surface area contributed by atoms with Crippen molar-refractivity contribution < 1.29 is 19.0 Å². The summed E-state index contributed by atoms with van der Waals surface area (Å²) in [6, 6.07) is 10.2. The molecule has 1 aromatic rings. The molecule has 142 valence electrons. The summed E-state index contributed by atoms with van der Waals surface area (Å²) in [6.45, 7) is 5.56. The van der Waals surface area contributed by atoms with Crippen LogP contribution < -0.4 is 0 Å². The fraction of sp³-hybridized carbons (Fsp3) is 0.571. The molecule has 5 heteroatoms. The third-order valence-electron chi connectivity index (χ3n) is 6.05. The van der Waals surface area contributed by atoms with Gasteiger partial charge >= 0.3 is 0 Å². The second kappa shape index (κ2) is 8.26. The van der Waals surface area contributed by atoms with E-state index in [1.807, 2.05) is 18.2 Å². The Morgan fingerprint density at radius 1 is 1.23 bits per heavy atom. The Morgan fingerprint density at radius 3 is 2.73 bits per heavy atom. The van der Waals surface area contributed by atoms with Gasteiger partial charge in [0.05, 0.1) is 18.6 Å². The van der Waals surface area contributed by atoms with E-state index in [9.17, 15) is 4.79 Å². The summed E-state index contributed by atoms with van der Waals surface area (Å²) < 4.78 is 16.2. The van der Waals surface area contributed by atoms with Crippen molar-refractivity contribution in [3.63, 3.8) is 0 Å². The molecule has 0 aliphatic heterocycles. The zero-order valence-corrected chi connectivity index (χ0v) is 16.6. The second-order valence-electron chi connectivity index (χ2n) is 7.54. The Bertz CT molecular complexity index is 643. The van der Waals surface area contributed by atoms with Crippen LogP contribution in [0.1, 0.15) is 26.7 Å². The highest BCUT2D eigenvalue weighted by molar-refractivity contribution is 8.02. The number of methoxy groups -OCH3 is 1. The molecule has 4 nitrogen and oxygen atoms in total. The van der Waals surface area contributed by atoms with Gasteiger partial charge in [-0.25, -0.2) is 0 Å². The van der Waals surface area contributed by atoms with E-state index in [4.69, 9.17) is 14.2 Å². The molecular formula is C21H28O4S. The average molecular weight is 377 g/mol. The lowest BCUT2D eigenvalue weighted by Crippen LogP contribution is -2.37. The van der Waals surface area contributed by atoms with E-state index in [-0.39, 0.29) is 30.0 Å². The number of hydrogen-bond acceptors (Lipinski definition) is 5. The monoisotopic (exact) mass is 376 g/mol. The zero-order chi connectivity index (χ0) is 18.6. The standard InChI is InChI=1S/C21H28O4S/c1-20(2)17-9-10-21(20,11-14-26-16-7-5-4-6-8-16)19(22)18(17)25-15-24-13-12-23-3/h4-8,11,14,17-18H,9-10,12-13,15H2,1-3H3/b14-11-/t17-,18-,21+/m1/s1. The van der Waals surface area contributed by atoms with Crippen LogP contribution in [0.4, 0.5) is 0 Å². The van der Waals surface area contributed by atoms with E-state index < -0.39 is 5.41 Å². The Balaban J connectivity index is 1.67. The first kappa shape index (κ1) is 19.6. The molecule has 3 rings (SSSR count). The van der Waals surface area contributed by atoms with E-state index in [0.29, 0.717) is 13.2 Å². The summed E-state index contributed by atoms with van der Waals surface area (Å²) in [7, 11) is 1.63. The number of rotatable bonds is 9. The van der Waals surface area contributed by atoms with Crippen LogP contribution in [-0.2, 0) is 19.0 Å². The fourth-order valence-electron chi connectivity index (χ4n) is 4.43. The molecule has 2 fully saturated rings. The highest BCUT2D eigenvalue weighted by Crippen LogP contribution is 2.65. The van der Waals surface area contributed by atoms with Gasteiger partial charge in [0.1, 0.15) is 12.9 Å². The predicted octanol–water partition coefficient (Wildman–Crippen LogP) is 4.30. The molecule has 26 heavy (non-hydrogen) atoms. The molecule has 0 spiro atoms. The molecule has 0 amide bonds. The smallest absolute Gasteiger partial charge is 0.172 e. The second-order valence-corrected chi connectivity index (χ2v) is 8.52. The molecule has 3 atom stereocenters. The Labute approximate surface area is 160 Å². The Morgan fingerprint density at radius 2 is 2.00 bits per heavy atom. The molecule has 2 bridgehead atoms. The van der Waals surface area contributed by atoms with Crippen LogP contribution >= 0.6 is 11.8 Å². The van der Waals surface area contributed by atoms with Crippen molar-refractivity contribution in [3.8, 4) is 0 Å². The van der Waals surface area contributed by atoms with Crippen LogP contribution in [0.5, 0.6) is 0 Å². The summed E-state index contributed by atoms with van der Waals surface area (Å²) in [5.74, 6) is 0.450. The maximum Gasteiger partial charge on any atom is 0.172 e. The lowest BCUT2D eigenvalue weighted by molar-refractivity contribution is -0.150. The van der Waals surface area contributed by atoms with Gasteiger partial charge < -0.3 is 14.2 Å². The van der Waals surface area contributed by atoms with Crippen LogP contribution in [0.25, 0.3) is 0 Å². The molecule has 0 heterocycles. The van der Waals surface area contributed by atoms with Gasteiger partial charge in [-0.15, -0.1) is 0 Å². The van der Waals surface area contributed by atoms with Crippen molar-refractivity contribution in [1.29, 1.82) is 0 Å². The van der Waals surface area contributed by atoms with Crippen LogP contribution in [0.15, 0.2) is 46.7 Å². The number of thioether (sulfide) groups is 1. The zero-order valence-electron chi connectivity index (χ0n) is 15.8. The van der Waals surface area contributed by atoms with Gasteiger partial charge in [0, 0.05) is 12.0 Å². The summed E-state index contributed by atoms with van der Waals surface area (Å²) in [4.78, 5) is 14.4. The largest absolute Gasteiger partial charge is 0.382 e. The normalized spacial score (nSPS) is 29.7. The van der Waals surface area contributed by atoms with Crippen molar-refractivity contribution >= 4 is 17.5 Å². The maximum atomic E-state index is 13.2. The van der Waals surface area contributed by atoms with E-state index in [2.05, 4.69) is 37.5 Å². The van der Waals surface area contributed by atoms with Gasteiger partial charge in [0.2, 0.25) is 0 Å². The van der Waals surface area contributed by atoms with Crippen LogP contribution in [-0.4, -0.2) is 39.0 Å². The summed E-state index contributed by atoms with van der Waals surface area (Å²) in [5.41, 5.74) is -0.536. The molecule has 2 saturated carbocycles. The lowest BCUT2D eigenvalue weighted by atomic mass is 9.69. The lowest BCUT2D eigenvalue weighted by Gasteiger charge is -2.33. The number of carbonyl (C=O) groups excluding carboxylic acids is 1. The van der Waals surface area contributed by atoms with Gasteiger partial charge in [0.25, 0.3) is 0 Å². The molecule has 0 unspecified atom stereocenters. The van der Waals surface area contributed by atoms with Crippen molar-refractivity contribution in [2.75, 3.05) is 27.1 Å². The van der Waals surface area contributed by atoms with Gasteiger partial charge in [-0.05, 0) is 41.7 Å². The molecule has 2 aliphatic carbocycles. The van der Waals surface area contributed by atoms with E-state index in [0.717, 1.165) is 12.8 Å². The molecule has 1 aromatic carbocycles. The van der Waals surface area contributed by atoms with Crippen molar-refractivity contribution in [1.82, 2.24) is 0 Å². The fourth-order valence-corrected chi connectivity index (χ4v) is 5.20. The summed E-state index contributed by atoms with van der Waals surface area (Å²) >= 11 is 1.66. The third-order valence-corrected chi connectivity index (χ3v) is 6.87. The van der Waals surface area contributed by atoms with Crippen LogP contribution in [0, 0.1) is 16.7 Å². The minimum atomic E-state index is -0.434. The highest BCUT2D eigenvalue weighted by Gasteiger charge is 2.68. The molecule has 0 aromatic heterocycles. The van der Waals surface area contributed by atoms with Crippen molar-refractivity contribution in [2.24, 2.45) is 16.7 Å². The number of ketones is 1. The molecule has 0 radical (unpaired) electrons. The van der Waals surface area contributed by atoms with E-state index >= 15 is 0 Å². The van der Waals surface area contributed by atoms with Gasteiger partial charge in [-0.1, -0.05) is 49.9 Å². The summed E-state index contributed by atoms with van der Waals surface area (Å²) in [5, 5.41) is 2.08. The topological polar surface area (TPSA) is 44.8 Å². The SMILES string of the molecule is COCCOCO[C@H]1C(=O)[C@@]2(/C=C\Sc3ccccc3)CC[C@H]1C2(C)C. The minimum absolute atomic E-state index is 0.102. The predicted molar refractivity (Wildman–Crippen MR) is 103 cm³/mol. The highest BCUT2D eigenvalue weighted by atomic mass is 32.2. The molecular weight excluding hydrogens is 348 g/mol. The first-order valence-electron chi connectivity index (χ1n) is 9.15. The Kier molecular flexibility index (Phi) is 6.23. The quantitative estimate of drug-likeness (QED) is 0.365. The number of ether oxygens (including phenoxy) is 3. The minimum Gasteiger partial charge on any atom is -0.382 e. The van der Waals surface area contributed by atoms with E-state index in [1.54, 1.807) is 18.9 Å². The first-order valence-corrected chi connectivity index (χ1v) is 10.0. The molecule has 2 aliphatic rings. The number of allylic oxidation sites excluding steroid dienone is 1.